The molecule has 2 nitrogen and oxygen atoms in total. The molecule has 3 rings (SSSR count). The Morgan fingerprint density at radius 2 is 0.846 bits per heavy atom. The van der Waals surface area contributed by atoms with Gasteiger partial charge in [0.05, 0.1) is 0 Å². The largest absolute Gasteiger partial charge is 0.210 e. The van der Waals surface area contributed by atoms with Crippen LogP contribution in [0.15, 0.2) is 97.4 Å². The van der Waals surface area contributed by atoms with E-state index < -0.39 is 0 Å². The molecule has 0 bridgehead atoms. The van der Waals surface area contributed by atoms with Crippen molar-refractivity contribution in [3.05, 3.63) is 105 Å². The van der Waals surface area contributed by atoms with Crippen molar-refractivity contribution in [3.8, 4) is 0 Å². The molecule has 1 heterocycles. The molecule has 0 aliphatic carbocycles. The van der Waals surface area contributed by atoms with Crippen molar-refractivity contribution in [1.82, 2.24) is 0 Å². The smallest absolute Gasteiger partial charge is 0.167 e. The highest BCUT2D eigenvalue weighted by Gasteiger charge is 2.05. The van der Waals surface area contributed by atoms with Crippen molar-refractivity contribution >= 4 is 69.0 Å². The van der Waals surface area contributed by atoms with Gasteiger partial charge >= 0.3 is 0 Å². The first-order chi connectivity index (χ1) is 12.7. The Morgan fingerprint density at radius 3 is 1.23 bits per heavy atom. The minimum atomic E-state index is 1.13. The molecule has 1 aliphatic heterocycles. The second-order valence-electron chi connectivity index (χ2n) is 5.52. The van der Waals surface area contributed by atoms with Gasteiger partial charge < -0.3 is 0 Å². The molecule has 2 aromatic carbocycles. The van der Waals surface area contributed by atoms with Crippen molar-refractivity contribution < 1.29 is 9.15 Å². The lowest BCUT2D eigenvalue weighted by Crippen LogP contribution is -1.98. The van der Waals surface area contributed by atoms with E-state index in [2.05, 4.69) is 128 Å². The SMILES string of the molecule is Ic1ccc([N+]2=C\C=C/C=C/[N+](c3ccc(I)cc3)=C/C=C/C=C\2)cc1. The first-order valence-corrected chi connectivity index (χ1v) is 10.3. The van der Waals surface area contributed by atoms with Crippen molar-refractivity contribution in [3.63, 3.8) is 0 Å². The standard InChI is InChI=1S/C22H18I2N2/c23-19-7-11-21(12-8-19)25-15-3-1-4-16-26(18-6-2-5-17-25)22-13-9-20(24)10-14-22/h1-18H/q+2/b3-1-,4-1?,5-2?,6-2+,15-3?,16-4+,17-5-,18-6?,25-15-,25-17?,26-16?,26-18-. The lowest BCUT2D eigenvalue weighted by Gasteiger charge is -1.97. The van der Waals surface area contributed by atoms with Gasteiger partial charge in [-0.2, -0.15) is 9.15 Å². The Kier molecular flexibility index (Phi) is 7.13. The lowest BCUT2D eigenvalue weighted by atomic mass is 10.3. The van der Waals surface area contributed by atoms with Gasteiger partial charge in [0.1, 0.15) is 0 Å². The Hall–Kier alpha value is -1.80. The van der Waals surface area contributed by atoms with Crippen LogP contribution in [0, 0.1) is 7.14 Å². The van der Waals surface area contributed by atoms with Gasteiger partial charge in [-0.1, -0.05) is 12.2 Å². The molecule has 26 heavy (non-hydrogen) atoms. The average Bonchev–Trinajstić information content (AvgIpc) is 2.64. The normalized spacial score (nSPS) is 23.3. The van der Waals surface area contributed by atoms with Crippen LogP contribution in [0.2, 0.25) is 0 Å². The van der Waals surface area contributed by atoms with Gasteiger partial charge in [0.15, 0.2) is 24.8 Å². The van der Waals surface area contributed by atoms with Crippen LogP contribution in [0.25, 0.3) is 0 Å². The zero-order valence-corrected chi connectivity index (χ0v) is 18.4. The number of nitrogens with zero attached hydrogens (tertiary/aromatic N) is 2. The molecule has 0 unspecified atom stereocenters. The van der Waals surface area contributed by atoms with Gasteiger partial charge in [-0.05, 0) is 69.4 Å². The predicted molar refractivity (Wildman–Crippen MR) is 127 cm³/mol. The highest BCUT2D eigenvalue weighted by atomic mass is 127. The van der Waals surface area contributed by atoms with Gasteiger partial charge in [-0.3, -0.25) is 0 Å². The molecule has 2 aromatic rings. The highest BCUT2D eigenvalue weighted by Crippen LogP contribution is 2.16. The van der Waals surface area contributed by atoms with Crippen LogP contribution >= 0.6 is 45.2 Å². The van der Waals surface area contributed by atoms with Crippen molar-refractivity contribution in [2.75, 3.05) is 0 Å². The van der Waals surface area contributed by atoms with E-state index in [0.717, 1.165) is 11.4 Å². The molecule has 0 aromatic heterocycles. The number of hydrogen-bond donors (Lipinski definition) is 0. The summed E-state index contributed by atoms with van der Waals surface area (Å²) in [6.45, 7) is 0. The lowest BCUT2D eigenvalue weighted by molar-refractivity contribution is -0.354. The second kappa shape index (κ2) is 9.78. The van der Waals surface area contributed by atoms with Crippen LogP contribution in [0.3, 0.4) is 0 Å². The first kappa shape index (κ1) is 19.0. The summed E-state index contributed by atoms with van der Waals surface area (Å²) in [5, 5.41) is 0. The van der Waals surface area contributed by atoms with Crippen molar-refractivity contribution in [1.29, 1.82) is 0 Å². The summed E-state index contributed by atoms with van der Waals surface area (Å²) >= 11 is 4.64. The number of benzene rings is 2. The number of allylic oxidation sites excluding steroid dienone is 6. The summed E-state index contributed by atoms with van der Waals surface area (Å²) in [5.74, 6) is 0. The molecule has 0 N–H and O–H groups in total. The van der Waals surface area contributed by atoms with E-state index in [9.17, 15) is 0 Å². The van der Waals surface area contributed by atoms with Gasteiger partial charge in [0.25, 0.3) is 0 Å². The van der Waals surface area contributed by atoms with Crippen LogP contribution in [-0.2, 0) is 0 Å². The zero-order chi connectivity index (χ0) is 18.2. The van der Waals surface area contributed by atoms with Crippen LogP contribution in [0.4, 0.5) is 11.4 Å². The third kappa shape index (κ3) is 5.60. The predicted octanol–water partition coefficient (Wildman–Crippen LogP) is 6.18. The number of rotatable bonds is 2. The third-order valence-electron chi connectivity index (χ3n) is 3.68. The molecular weight excluding hydrogens is 546 g/mol. The topological polar surface area (TPSA) is 6.02 Å². The second-order valence-corrected chi connectivity index (χ2v) is 8.01. The maximum atomic E-state index is 2.32. The van der Waals surface area contributed by atoms with Crippen LogP contribution in [0.5, 0.6) is 0 Å². The molecule has 0 atom stereocenters. The third-order valence-corrected chi connectivity index (χ3v) is 5.12. The first-order valence-electron chi connectivity index (χ1n) is 8.17. The van der Waals surface area contributed by atoms with E-state index in [0.29, 0.717) is 0 Å². The molecule has 128 valence electrons. The Bertz CT molecular complexity index is 850. The molecule has 0 saturated carbocycles. The monoisotopic (exact) mass is 564 g/mol. The minimum absolute atomic E-state index is 1.13. The molecule has 0 radical (unpaired) electrons. The molecule has 1 aliphatic rings. The van der Waals surface area contributed by atoms with Gasteiger partial charge in [-0.25, -0.2) is 0 Å². The summed E-state index contributed by atoms with van der Waals surface area (Å²) in [4.78, 5) is 0. The quantitative estimate of drug-likeness (QED) is 0.304. The Labute approximate surface area is 181 Å². The Morgan fingerprint density at radius 1 is 0.462 bits per heavy atom. The summed E-state index contributed by atoms with van der Waals surface area (Å²) in [6.07, 6.45) is 20.4. The Balaban J connectivity index is 1.87. The van der Waals surface area contributed by atoms with E-state index in [1.54, 1.807) is 0 Å². The highest BCUT2D eigenvalue weighted by molar-refractivity contribution is 14.1. The average molecular weight is 564 g/mol. The van der Waals surface area contributed by atoms with Gasteiger partial charge in [0, 0.05) is 55.7 Å². The van der Waals surface area contributed by atoms with Crippen LogP contribution in [0.1, 0.15) is 0 Å². The van der Waals surface area contributed by atoms with E-state index in [1.807, 2.05) is 36.5 Å². The molecule has 0 amide bonds. The fourth-order valence-corrected chi connectivity index (χ4v) is 3.09. The van der Waals surface area contributed by atoms with Crippen molar-refractivity contribution in [2.45, 2.75) is 0 Å². The maximum absolute atomic E-state index is 2.32. The summed E-state index contributed by atoms with van der Waals surface area (Å²) < 4.78 is 6.66. The number of halogens is 2. The fourth-order valence-electron chi connectivity index (χ4n) is 2.37. The molecule has 0 spiro atoms. The molecule has 4 heteroatoms. The van der Waals surface area contributed by atoms with E-state index in [1.165, 1.54) is 7.14 Å². The van der Waals surface area contributed by atoms with Crippen molar-refractivity contribution in [2.24, 2.45) is 0 Å². The molecule has 0 fully saturated rings. The summed E-state index contributed by atoms with van der Waals surface area (Å²) in [5.41, 5.74) is 2.26. The van der Waals surface area contributed by atoms with E-state index in [4.69, 9.17) is 0 Å². The van der Waals surface area contributed by atoms with Gasteiger partial charge in [-0.15, -0.1) is 0 Å². The van der Waals surface area contributed by atoms with E-state index in [-0.39, 0.29) is 0 Å². The van der Waals surface area contributed by atoms with Crippen LogP contribution < -0.4 is 0 Å². The maximum Gasteiger partial charge on any atom is 0.210 e. The van der Waals surface area contributed by atoms with Crippen LogP contribution in [-0.4, -0.2) is 21.6 Å². The molecular formula is C22H18I2N2+2. The summed E-state index contributed by atoms with van der Waals surface area (Å²) in [7, 11) is 0. The molecule has 0 saturated heterocycles. The summed E-state index contributed by atoms with van der Waals surface area (Å²) in [6, 6.07) is 16.9. The fraction of sp³-hybridized carbons (Fsp3) is 0. The van der Waals surface area contributed by atoms with Gasteiger partial charge in [0.2, 0.25) is 11.4 Å². The zero-order valence-electron chi connectivity index (χ0n) is 14.0. The number of hydrogen-bond acceptors (Lipinski definition) is 0. The van der Waals surface area contributed by atoms with E-state index >= 15 is 0 Å². The minimum Gasteiger partial charge on any atom is -0.167 e.